The van der Waals surface area contributed by atoms with E-state index >= 15 is 0 Å². The van der Waals surface area contributed by atoms with Gasteiger partial charge in [-0.25, -0.2) is 4.98 Å². The van der Waals surface area contributed by atoms with Gasteiger partial charge in [0.1, 0.15) is 11.6 Å². The summed E-state index contributed by atoms with van der Waals surface area (Å²) < 4.78 is 8.12. The molecule has 0 aliphatic carbocycles. The van der Waals surface area contributed by atoms with E-state index in [4.69, 9.17) is 15.5 Å². The lowest BCUT2D eigenvalue weighted by Gasteiger charge is -2.10. The van der Waals surface area contributed by atoms with Crippen LogP contribution < -0.4 is 10.5 Å². The second-order valence-electron chi connectivity index (χ2n) is 6.23. The van der Waals surface area contributed by atoms with Gasteiger partial charge in [-0.3, -0.25) is 0 Å². The van der Waals surface area contributed by atoms with E-state index in [-0.39, 0.29) is 0 Å². The van der Waals surface area contributed by atoms with E-state index in [2.05, 4.69) is 37.5 Å². The fourth-order valence-corrected chi connectivity index (χ4v) is 2.97. The number of fused-ring (bicyclic) bond motifs is 1. The zero-order valence-corrected chi connectivity index (χ0v) is 14.7. The van der Waals surface area contributed by atoms with Crippen LogP contribution in [0, 0.1) is 13.8 Å². The molecule has 0 radical (unpaired) electrons. The van der Waals surface area contributed by atoms with Crippen molar-refractivity contribution in [2.24, 2.45) is 0 Å². The largest absolute Gasteiger partial charge is 0.493 e. The van der Waals surface area contributed by atoms with Gasteiger partial charge in [0.2, 0.25) is 0 Å². The van der Waals surface area contributed by atoms with E-state index in [9.17, 15) is 0 Å². The monoisotopic (exact) mass is 323 g/mol. The van der Waals surface area contributed by atoms with Gasteiger partial charge in [0, 0.05) is 24.7 Å². The Morgan fingerprint density at radius 1 is 1.12 bits per heavy atom. The average molecular weight is 323 g/mol. The number of nitrogen functional groups attached to an aromatic ring is 1. The third kappa shape index (κ3) is 3.37. The van der Waals surface area contributed by atoms with Crippen LogP contribution in [-0.2, 0) is 13.0 Å². The Kier molecular flexibility index (Phi) is 4.74. The van der Waals surface area contributed by atoms with Crippen LogP contribution >= 0.6 is 0 Å². The summed E-state index contributed by atoms with van der Waals surface area (Å²) >= 11 is 0. The molecule has 0 amide bonds. The van der Waals surface area contributed by atoms with Crippen LogP contribution in [-0.4, -0.2) is 16.2 Å². The topological polar surface area (TPSA) is 53.1 Å². The summed E-state index contributed by atoms with van der Waals surface area (Å²) in [7, 11) is 0. The van der Waals surface area contributed by atoms with Crippen LogP contribution in [0.4, 0.5) is 5.69 Å². The van der Waals surface area contributed by atoms with E-state index in [0.29, 0.717) is 6.61 Å². The van der Waals surface area contributed by atoms with Crippen LogP contribution in [0.5, 0.6) is 5.75 Å². The summed E-state index contributed by atoms with van der Waals surface area (Å²) in [5.41, 5.74) is 11.4. The van der Waals surface area contributed by atoms with Crippen molar-refractivity contribution >= 4 is 16.7 Å². The summed E-state index contributed by atoms with van der Waals surface area (Å²) in [5, 5.41) is 0. The van der Waals surface area contributed by atoms with E-state index in [0.717, 1.165) is 42.2 Å². The summed E-state index contributed by atoms with van der Waals surface area (Å²) in [6, 6.07) is 12.0. The van der Waals surface area contributed by atoms with Gasteiger partial charge in [-0.1, -0.05) is 13.0 Å². The molecule has 0 fully saturated rings. The van der Waals surface area contributed by atoms with Crippen molar-refractivity contribution in [1.82, 2.24) is 9.55 Å². The number of rotatable bonds is 6. The fourth-order valence-electron chi connectivity index (χ4n) is 2.97. The molecule has 2 N–H and O–H groups in total. The first kappa shape index (κ1) is 16.4. The number of aryl methyl sites for hydroxylation is 4. The third-order valence-electron chi connectivity index (χ3n) is 4.41. The van der Waals surface area contributed by atoms with Crippen molar-refractivity contribution < 1.29 is 4.74 Å². The maximum Gasteiger partial charge on any atom is 0.121 e. The molecule has 1 aromatic heterocycles. The van der Waals surface area contributed by atoms with Gasteiger partial charge in [-0.15, -0.1) is 0 Å². The number of nitrogens with two attached hydrogens (primary N) is 1. The number of aromatic nitrogens is 2. The van der Waals surface area contributed by atoms with Gasteiger partial charge in [0.25, 0.3) is 0 Å². The first-order valence-corrected chi connectivity index (χ1v) is 8.53. The molecule has 1 heterocycles. The molecular weight excluding hydrogens is 298 g/mol. The molecule has 126 valence electrons. The minimum Gasteiger partial charge on any atom is -0.493 e. The van der Waals surface area contributed by atoms with Gasteiger partial charge < -0.3 is 15.0 Å². The molecule has 0 saturated heterocycles. The maximum atomic E-state index is 5.80. The van der Waals surface area contributed by atoms with Gasteiger partial charge in [-0.2, -0.15) is 0 Å². The van der Waals surface area contributed by atoms with Crippen LogP contribution in [0.15, 0.2) is 36.4 Å². The highest BCUT2D eigenvalue weighted by molar-refractivity contribution is 5.78. The first-order chi connectivity index (χ1) is 11.6. The van der Waals surface area contributed by atoms with E-state index < -0.39 is 0 Å². The second-order valence-corrected chi connectivity index (χ2v) is 6.23. The Balaban J connectivity index is 1.71. The van der Waals surface area contributed by atoms with Gasteiger partial charge in [0.05, 0.1) is 17.6 Å². The van der Waals surface area contributed by atoms with Crippen molar-refractivity contribution in [3.8, 4) is 5.75 Å². The number of nitrogens with zero attached hydrogens (tertiary/aromatic N) is 2. The molecule has 0 unspecified atom stereocenters. The SMILES string of the molecule is CCc1nc2cc(C)c(C)cc2n1CCCOc1cccc(N)c1. The predicted octanol–water partition coefficient (Wildman–Crippen LogP) is 4.27. The maximum absolute atomic E-state index is 5.80. The van der Waals surface area contributed by atoms with Crippen molar-refractivity contribution in [3.05, 3.63) is 53.3 Å². The smallest absolute Gasteiger partial charge is 0.121 e. The van der Waals surface area contributed by atoms with Gasteiger partial charge in [0.15, 0.2) is 0 Å². The van der Waals surface area contributed by atoms with E-state index in [1.54, 1.807) is 0 Å². The molecule has 0 bridgehead atoms. The lowest BCUT2D eigenvalue weighted by Crippen LogP contribution is -2.07. The second kappa shape index (κ2) is 6.95. The van der Waals surface area contributed by atoms with Crippen LogP contribution in [0.25, 0.3) is 11.0 Å². The number of ether oxygens (including phenoxy) is 1. The number of benzene rings is 2. The molecule has 0 aliphatic heterocycles. The van der Waals surface area contributed by atoms with E-state index in [1.165, 1.54) is 16.6 Å². The Morgan fingerprint density at radius 3 is 2.67 bits per heavy atom. The molecule has 4 nitrogen and oxygen atoms in total. The Bertz CT molecular complexity index is 851. The highest BCUT2D eigenvalue weighted by Gasteiger charge is 2.10. The molecular formula is C20H25N3O. The molecule has 0 spiro atoms. The first-order valence-electron chi connectivity index (χ1n) is 8.53. The molecule has 0 atom stereocenters. The lowest BCUT2D eigenvalue weighted by atomic mass is 10.1. The average Bonchev–Trinajstić information content (AvgIpc) is 2.89. The van der Waals surface area contributed by atoms with Crippen LogP contribution in [0.3, 0.4) is 0 Å². The summed E-state index contributed by atoms with van der Waals surface area (Å²) in [5.74, 6) is 1.96. The minimum atomic E-state index is 0.664. The Hall–Kier alpha value is -2.49. The zero-order valence-electron chi connectivity index (χ0n) is 14.7. The normalized spacial score (nSPS) is 11.1. The van der Waals surface area contributed by atoms with Crippen LogP contribution in [0.1, 0.15) is 30.3 Å². The van der Waals surface area contributed by atoms with Crippen molar-refractivity contribution in [3.63, 3.8) is 0 Å². The molecule has 4 heteroatoms. The molecule has 3 aromatic rings. The molecule has 24 heavy (non-hydrogen) atoms. The highest BCUT2D eigenvalue weighted by Crippen LogP contribution is 2.22. The third-order valence-corrected chi connectivity index (χ3v) is 4.41. The Morgan fingerprint density at radius 2 is 1.92 bits per heavy atom. The van der Waals surface area contributed by atoms with Gasteiger partial charge >= 0.3 is 0 Å². The predicted molar refractivity (Wildman–Crippen MR) is 99.6 cm³/mol. The van der Waals surface area contributed by atoms with Crippen molar-refractivity contribution in [2.75, 3.05) is 12.3 Å². The zero-order chi connectivity index (χ0) is 17.1. The number of hydrogen-bond acceptors (Lipinski definition) is 3. The molecule has 0 aliphatic rings. The molecule has 3 rings (SSSR count). The van der Waals surface area contributed by atoms with Crippen molar-refractivity contribution in [2.45, 2.75) is 40.2 Å². The standard InChI is InChI=1S/C20H25N3O/c1-4-20-22-18-11-14(2)15(3)12-19(18)23(20)9-6-10-24-17-8-5-7-16(21)13-17/h5,7-8,11-13H,4,6,9-10,21H2,1-3H3. The number of hydrogen-bond donors (Lipinski definition) is 1. The molecule has 2 aromatic carbocycles. The highest BCUT2D eigenvalue weighted by atomic mass is 16.5. The quantitative estimate of drug-likeness (QED) is 0.544. The van der Waals surface area contributed by atoms with Crippen molar-refractivity contribution in [1.29, 1.82) is 0 Å². The minimum absolute atomic E-state index is 0.664. The molecule has 0 saturated carbocycles. The summed E-state index contributed by atoms with van der Waals surface area (Å²) in [4.78, 5) is 4.79. The summed E-state index contributed by atoms with van der Waals surface area (Å²) in [6.45, 7) is 8.02. The fraction of sp³-hybridized carbons (Fsp3) is 0.350. The number of imidazole rings is 1. The Labute approximate surface area is 143 Å². The number of anilines is 1. The summed E-state index contributed by atoms with van der Waals surface area (Å²) in [6.07, 6.45) is 1.86. The van der Waals surface area contributed by atoms with Gasteiger partial charge in [-0.05, 0) is 55.7 Å². The lowest BCUT2D eigenvalue weighted by molar-refractivity contribution is 0.302. The van der Waals surface area contributed by atoms with E-state index in [1.807, 2.05) is 24.3 Å². The van der Waals surface area contributed by atoms with Crippen LogP contribution in [0.2, 0.25) is 0 Å².